The quantitative estimate of drug-likeness (QED) is 0.696. The fourth-order valence-corrected chi connectivity index (χ4v) is 3.05. The molecule has 0 aliphatic rings. The lowest BCUT2D eigenvalue weighted by Crippen LogP contribution is -2.08. The van der Waals surface area contributed by atoms with Crippen LogP contribution in [0, 0.1) is 11.6 Å². The molecule has 3 rings (SSSR count). The molecule has 2 aromatic carbocycles. The van der Waals surface area contributed by atoms with Gasteiger partial charge in [-0.25, -0.2) is 17.2 Å². The minimum Gasteiger partial charge on any atom is -0.454 e. The zero-order chi connectivity index (χ0) is 20.5. The minimum atomic E-state index is -3.44. The third-order valence-corrected chi connectivity index (χ3v) is 4.89. The molecule has 1 aromatic heterocycles. The monoisotopic (exact) mass is 408 g/mol. The van der Waals surface area contributed by atoms with E-state index in [0.717, 1.165) is 24.5 Å². The number of aliphatic hydroxyl groups excluding tert-OH is 1. The molecule has 0 amide bonds. The summed E-state index contributed by atoms with van der Waals surface area (Å²) in [7, 11) is -3.44. The molecule has 0 aliphatic heterocycles. The Morgan fingerprint density at radius 2 is 1.75 bits per heavy atom. The molecule has 9 heteroatoms. The van der Waals surface area contributed by atoms with Crippen LogP contribution in [0.25, 0.3) is 11.3 Å². The van der Waals surface area contributed by atoms with Gasteiger partial charge in [0.2, 0.25) is 11.2 Å². The van der Waals surface area contributed by atoms with Crippen molar-refractivity contribution in [2.24, 2.45) is 0 Å². The smallest absolute Gasteiger partial charge is 0.228 e. The van der Waals surface area contributed by atoms with Gasteiger partial charge in [-0.05, 0) is 36.4 Å². The van der Waals surface area contributed by atoms with E-state index in [2.05, 4.69) is 0 Å². The zero-order valence-corrected chi connectivity index (χ0v) is 15.3. The van der Waals surface area contributed by atoms with E-state index in [0.29, 0.717) is 6.07 Å². The van der Waals surface area contributed by atoms with Crippen LogP contribution in [0.4, 0.5) is 8.78 Å². The fourth-order valence-electron chi connectivity index (χ4n) is 2.42. The molecule has 0 atom stereocenters. The van der Waals surface area contributed by atoms with E-state index >= 15 is 0 Å². The van der Waals surface area contributed by atoms with Crippen molar-refractivity contribution >= 4 is 9.84 Å². The Balaban J connectivity index is 2.14. The number of aliphatic hydroxyl groups is 1. The second-order valence-corrected chi connectivity index (χ2v) is 7.88. The largest absolute Gasteiger partial charge is 0.454 e. The highest BCUT2D eigenvalue weighted by molar-refractivity contribution is 7.90. The van der Waals surface area contributed by atoms with E-state index in [4.69, 9.17) is 9.15 Å². The van der Waals surface area contributed by atoms with Crippen LogP contribution in [0.15, 0.2) is 62.6 Å². The maximum Gasteiger partial charge on any atom is 0.228 e. The summed E-state index contributed by atoms with van der Waals surface area (Å²) in [6, 6.07) is 8.92. The average Bonchev–Trinajstić information content (AvgIpc) is 2.64. The molecule has 0 radical (unpaired) electrons. The van der Waals surface area contributed by atoms with Gasteiger partial charge in [0.1, 0.15) is 18.2 Å². The van der Waals surface area contributed by atoms with Crippen LogP contribution in [-0.4, -0.2) is 19.8 Å². The van der Waals surface area contributed by atoms with Crippen molar-refractivity contribution in [1.29, 1.82) is 0 Å². The van der Waals surface area contributed by atoms with Gasteiger partial charge in [-0.1, -0.05) is 0 Å². The Hall–Kier alpha value is -3.04. The number of hydrogen-bond donors (Lipinski definition) is 1. The van der Waals surface area contributed by atoms with Crippen molar-refractivity contribution in [2.75, 3.05) is 6.26 Å². The van der Waals surface area contributed by atoms with Crippen LogP contribution in [0.3, 0.4) is 0 Å². The average molecular weight is 408 g/mol. The van der Waals surface area contributed by atoms with Gasteiger partial charge in [-0.3, -0.25) is 4.79 Å². The van der Waals surface area contributed by atoms with Crippen molar-refractivity contribution < 1.29 is 31.5 Å². The summed E-state index contributed by atoms with van der Waals surface area (Å²) in [5.74, 6) is -2.85. The lowest BCUT2D eigenvalue weighted by Gasteiger charge is -2.12. The molecule has 0 unspecified atom stereocenters. The summed E-state index contributed by atoms with van der Waals surface area (Å²) in [5.41, 5.74) is -0.446. The first-order valence-electron chi connectivity index (χ1n) is 7.90. The van der Waals surface area contributed by atoms with Gasteiger partial charge in [0.25, 0.3) is 0 Å². The Morgan fingerprint density at radius 1 is 1.07 bits per heavy atom. The van der Waals surface area contributed by atoms with Crippen LogP contribution in [0.2, 0.25) is 0 Å². The van der Waals surface area contributed by atoms with Crippen LogP contribution in [0.5, 0.6) is 11.5 Å². The highest BCUT2D eigenvalue weighted by atomic mass is 32.2. The first-order valence-corrected chi connectivity index (χ1v) is 9.79. The van der Waals surface area contributed by atoms with Gasteiger partial charge in [0.15, 0.2) is 27.2 Å². The number of hydrogen-bond acceptors (Lipinski definition) is 6. The Bertz CT molecular complexity index is 1180. The normalized spacial score (nSPS) is 11.4. The van der Waals surface area contributed by atoms with Gasteiger partial charge >= 0.3 is 0 Å². The molecule has 0 aliphatic carbocycles. The zero-order valence-electron chi connectivity index (χ0n) is 14.5. The molecule has 3 aromatic rings. The first kappa shape index (κ1) is 19.7. The van der Waals surface area contributed by atoms with Crippen LogP contribution >= 0.6 is 0 Å². The molecular weight excluding hydrogens is 394 g/mol. The van der Waals surface area contributed by atoms with Crippen LogP contribution in [0.1, 0.15) is 5.76 Å². The van der Waals surface area contributed by atoms with Crippen molar-refractivity contribution in [2.45, 2.75) is 11.5 Å². The number of rotatable bonds is 5. The Kier molecular flexibility index (Phi) is 5.30. The highest BCUT2D eigenvalue weighted by Crippen LogP contribution is 2.33. The summed E-state index contributed by atoms with van der Waals surface area (Å²) >= 11 is 0. The predicted octanol–water partition coefficient (Wildman–Crippen LogP) is 3.27. The molecular formula is C19H14F2O6S. The summed E-state index contributed by atoms with van der Waals surface area (Å²) < 4.78 is 61.0. The number of benzene rings is 2. The standard InChI is InChI=1S/C19H14F2O6S/c1-28(24,25)14-5-2-11(3-6-14)18-19(16(23)9-13(10-22)26-18)27-17-7-4-12(20)8-15(17)21/h2-9,22H,10H2,1H3. The van der Waals surface area contributed by atoms with Crippen LogP contribution < -0.4 is 10.2 Å². The van der Waals surface area contributed by atoms with E-state index in [9.17, 15) is 27.1 Å². The van der Waals surface area contributed by atoms with E-state index < -0.39 is 45.0 Å². The van der Waals surface area contributed by atoms with Crippen molar-refractivity contribution in [3.8, 4) is 22.8 Å². The lowest BCUT2D eigenvalue weighted by molar-refractivity contribution is 0.243. The van der Waals surface area contributed by atoms with Crippen LogP contribution in [-0.2, 0) is 16.4 Å². The van der Waals surface area contributed by atoms with E-state index in [1.165, 1.54) is 24.3 Å². The van der Waals surface area contributed by atoms with Gasteiger partial charge in [-0.2, -0.15) is 0 Å². The summed E-state index contributed by atoms with van der Waals surface area (Å²) in [6.07, 6.45) is 1.04. The molecule has 0 bridgehead atoms. The molecule has 6 nitrogen and oxygen atoms in total. The fraction of sp³-hybridized carbons (Fsp3) is 0.105. The van der Waals surface area contributed by atoms with Crippen molar-refractivity contribution in [3.63, 3.8) is 0 Å². The molecule has 0 saturated heterocycles. The van der Waals surface area contributed by atoms with E-state index in [1.54, 1.807) is 0 Å². The maximum absolute atomic E-state index is 13.9. The SMILES string of the molecule is CS(=O)(=O)c1ccc(-c2oc(CO)cc(=O)c2Oc2ccc(F)cc2F)cc1. The van der Waals surface area contributed by atoms with E-state index in [-0.39, 0.29) is 22.0 Å². The number of halogens is 2. The van der Waals surface area contributed by atoms with Crippen molar-refractivity contribution in [1.82, 2.24) is 0 Å². The molecule has 0 fully saturated rings. The highest BCUT2D eigenvalue weighted by Gasteiger charge is 2.19. The van der Waals surface area contributed by atoms with E-state index in [1.807, 2.05) is 0 Å². The minimum absolute atomic E-state index is 0.0453. The van der Waals surface area contributed by atoms with Gasteiger partial charge in [0.05, 0.1) is 4.90 Å². The number of sulfone groups is 1. The van der Waals surface area contributed by atoms with Gasteiger partial charge in [-0.15, -0.1) is 0 Å². The maximum atomic E-state index is 13.9. The van der Waals surface area contributed by atoms with Gasteiger partial charge in [0, 0.05) is 24.0 Å². The molecule has 28 heavy (non-hydrogen) atoms. The third kappa shape index (κ3) is 4.10. The second kappa shape index (κ2) is 7.53. The molecule has 1 N–H and O–H groups in total. The predicted molar refractivity (Wildman–Crippen MR) is 95.9 cm³/mol. The summed E-state index contributed by atoms with van der Waals surface area (Å²) in [6.45, 7) is -0.575. The molecule has 1 heterocycles. The number of ether oxygens (including phenoxy) is 1. The topological polar surface area (TPSA) is 93.8 Å². The summed E-state index contributed by atoms with van der Waals surface area (Å²) in [5, 5.41) is 9.29. The van der Waals surface area contributed by atoms with Gasteiger partial charge < -0.3 is 14.3 Å². The second-order valence-electron chi connectivity index (χ2n) is 5.87. The molecule has 0 saturated carbocycles. The molecule has 146 valence electrons. The molecule has 0 spiro atoms. The lowest BCUT2D eigenvalue weighted by atomic mass is 10.1. The third-order valence-electron chi connectivity index (χ3n) is 3.76. The summed E-state index contributed by atoms with van der Waals surface area (Å²) in [4.78, 5) is 12.5. The Morgan fingerprint density at radius 3 is 2.32 bits per heavy atom. The Labute approximate surface area is 158 Å². The van der Waals surface area contributed by atoms with Crippen molar-refractivity contribution in [3.05, 3.63) is 76.1 Å². The first-order chi connectivity index (χ1) is 13.2.